The number of nitrogens with zero attached hydrogens (tertiary/aromatic N) is 1. The van der Waals surface area contributed by atoms with Crippen molar-refractivity contribution in [2.24, 2.45) is 0 Å². The minimum atomic E-state index is -0.529. The van der Waals surface area contributed by atoms with Gasteiger partial charge in [0.15, 0.2) is 0 Å². The first kappa shape index (κ1) is 14.2. The first-order valence-corrected chi connectivity index (χ1v) is 7.01. The first-order chi connectivity index (χ1) is 9.10. The van der Waals surface area contributed by atoms with Gasteiger partial charge in [-0.1, -0.05) is 51.3 Å². The van der Waals surface area contributed by atoms with E-state index in [9.17, 15) is 5.26 Å². The van der Waals surface area contributed by atoms with Crippen molar-refractivity contribution in [1.29, 1.82) is 5.26 Å². The average molecular weight is 356 g/mol. The van der Waals surface area contributed by atoms with Crippen LogP contribution in [0.5, 0.6) is 0 Å². The highest BCUT2D eigenvalue weighted by molar-refractivity contribution is 9.10. The summed E-state index contributed by atoms with van der Waals surface area (Å²) in [6, 6.07) is 14.3. The Morgan fingerprint density at radius 2 is 1.95 bits per heavy atom. The first-order valence-electron chi connectivity index (χ1n) is 5.47. The molecule has 0 spiro atoms. The molecule has 2 aromatic rings. The van der Waals surface area contributed by atoms with Crippen LogP contribution in [0.1, 0.15) is 11.6 Å². The molecular formula is C14H9BrCl2N2. The van der Waals surface area contributed by atoms with Crippen molar-refractivity contribution >= 4 is 44.8 Å². The summed E-state index contributed by atoms with van der Waals surface area (Å²) in [4.78, 5) is 0. The Morgan fingerprint density at radius 1 is 1.16 bits per heavy atom. The zero-order valence-corrected chi connectivity index (χ0v) is 12.8. The van der Waals surface area contributed by atoms with Gasteiger partial charge in [0.1, 0.15) is 6.04 Å². The Morgan fingerprint density at radius 3 is 2.58 bits per heavy atom. The monoisotopic (exact) mass is 354 g/mol. The van der Waals surface area contributed by atoms with Gasteiger partial charge in [0.05, 0.1) is 6.07 Å². The second-order valence-electron chi connectivity index (χ2n) is 3.88. The SMILES string of the molecule is N#CC(Nc1cccc(Cl)c1)c1ccc(Br)cc1Cl. The van der Waals surface area contributed by atoms with E-state index in [4.69, 9.17) is 23.2 Å². The maximum atomic E-state index is 9.29. The second kappa shape index (κ2) is 6.29. The van der Waals surface area contributed by atoms with Crippen molar-refractivity contribution in [2.45, 2.75) is 6.04 Å². The van der Waals surface area contributed by atoms with Crippen molar-refractivity contribution in [2.75, 3.05) is 5.32 Å². The number of anilines is 1. The van der Waals surface area contributed by atoms with Gasteiger partial charge in [-0.25, -0.2) is 0 Å². The van der Waals surface area contributed by atoms with Crippen LogP contribution in [-0.4, -0.2) is 0 Å². The van der Waals surface area contributed by atoms with Gasteiger partial charge in [0, 0.05) is 25.8 Å². The van der Waals surface area contributed by atoms with Gasteiger partial charge in [-0.15, -0.1) is 0 Å². The van der Waals surface area contributed by atoms with Gasteiger partial charge in [0.25, 0.3) is 0 Å². The van der Waals surface area contributed by atoms with Crippen LogP contribution in [0.15, 0.2) is 46.9 Å². The number of nitrogens with one attached hydrogen (secondary N) is 1. The van der Waals surface area contributed by atoms with E-state index in [2.05, 4.69) is 27.3 Å². The molecule has 0 saturated heterocycles. The molecule has 2 rings (SSSR count). The highest BCUT2D eigenvalue weighted by atomic mass is 79.9. The minimum Gasteiger partial charge on any atom is -0.366 e. The number of hydrogen-bond acceptors (Lipinski definition) is 2. The van der Waals surface area contributed by atoms with Gasteiger partial charge < -0.3 is 5.32 Å². The van der Waals surface area contributed by atoms with Crippen molar-refractivity contribution in [3.8, 4) is 6.07 Å². The fourth-order valence-electron chi connectivity index (χ4n) is 1.66. The number of hydrogen-bond donors (Lipinski definition) is 1. The molecule has 0 fully saturated rings. The molecule has 0 saturated carbocycles. The maximum absolute atomic E-state index is 9.29. The normalized spacial score (nSPS) is 11.7. The molecule has 0 aliphatic heterocycles. The minimum absolute atomic E-state index is 0.529. The van der Waals surface area contributed by atoms with Crippen LogP contribution in [0.3, 0.4) is 0 Å². The number of benzene rings is 2. The van der Waals surface area contributed by atoms with Gasteiger partial charge in [-0.2, -0.15) is 5.26 Å². The molecule has 0 aliphatic rings. The van der Waals surface area contributed by atoms with E-state index in [-0.39, 0.29) is 0 Å². The highest BCUT2D eigenvalue weighted by Crippen LogP contribution is 2.29. The summed E-state index contributed by atoms with van der Waals surface area (Å²) in [6.45, 7) is 0. The van der Waals surface area contributed by atoms with E-state index in [0.717, 1.165) is 15.7 Å². The molecule has 0 heterocycles. The van der Waals surface area contributed by atoms with Crippen molar-refractivity contribution in [3.63, 3.8) is 0 Å². The predicted octanol–water partition coefficient (Wildman–Crippen LogP) is 5.43. The number of rotatable bonds is 3. The zero-order chi connectivity index (χ0) is 13.8. The third kappa shape index (κ3) is 3.63. The molecular weight excluding hydrogens is 347 g/mol. The smallest absolute Gasteiger partial charge is 0.141 e. The molecule has 1 unspecified atom stereocenters. The highest BCUT2D eigenvalue weighted by Gasteiger charge is 2.14. The van der Waals surface area contributed by atoms with Crippen LogP contribution in [-0.2, 0) is 0 Å². The van der Waals surface area contributed by atoms with Crippen LogP contribution >= 0.6 is 39.1 Å². The molecule has 19 heavy (non-hydrogen) atoms. The molecule has 96 valence electrons. The average Bonchev–Trinajstić information content (AvgIpc) is 2.37. The maximum Gasteiger partial charge on any atom is 0.141 e. The zero-order valence-electron chi connectivity index (χ0n) is 9.70. The molecule has 0 aliphatic carbocycles. The van der Waals surface area contributed by atoms with E-state index in [1.54, 1.807) is 18.2 Å². The Kier molecular flexibility index (Phi) is 4.71. The molecule has 0 radical (unpaired) electrons. The van der Waals surface area contributed by atoms with E-state index in [0.29, 0.717) is 10.0 Å². The third-order valence-corrected chi connectivity index (χ3v) is 3.59. The van der Waals surface area contributed by atoms with E-state index < -0.39 is 6.04 Å². The van der Waals surface area contributed by atoms with E-state index >= 15 is 0 Å². The molecule has 0 amide bonds. The molecule has 5 heteroatoms. The summed E-state index contributed by atoms with van der Waals surface area (Å²) in [7, 11) is 0. The summed E-state index contributed by atoms with van der Waals surface area (Å²) in [5.74, 6) is 0. The van der Waals surface area contributed by atoms with Gasteiger partial charge in [-0.05, 0) is 30.3 Å². The predicted molar refractivity (Wildman–Crippen MR) is 82.6 cm³/mol. The largest absolute Gasteiger partial charge is 0.366 e. The molecule has 1 N–H and O–H groups in total. The van der Waals surface area contributed by atoms with Crippen LogP contribution in [0.4, 0.5) is 5.69 Å². The molecule has 1 atom stereocenters. The standard InChI is InChI=1S/C14H9BrCl2N2/c15-9-4-5-12(13(17)6-9)14(8-18)19-11-3-1-2-10(16)7-11/h1-7,14,19H. The van der Waals surface area contributed by atoms with Crippen LogP contribution in [0.25, 0.3) is 0 Å². The lowest BCUT2D eigenvalue weighted by Gasteiger charge is -2.15. The Balaban J connectivity index is 2.28. The fourth-order valence-corrected chi connectivity index (χ4v) is 2.63. The molecule has 2 nitrogen and oxygen atoms in total. The van der Waals surface area contributed by atoms with Gasteiger partial charge in [-0.3, -0.25) is 0 Å². The fraction of sp³-hybridized carbons (Fsp3) is 0.0714. The lowest BCUT2D eigenvalue weighted by Crippen LogP contribution is -2.09. The van der Waals surface area contributed by atoms with Crippen LogP contribution < -0.4 is 5.32 Å². The van der Waals surface area contributed by atoms with Crippen LogP contribution in [0.2, 0.25) is 10.0 Å². The Bertz CT molecular complexity index is 638. The van der Waals surface area contributed by atoms with Gasteiger partial charge >= 0.3 is 0 Å². The molecule has 0 aromatic heterocycles. The van der Waals surface area contributed by atoms with Gasteiger partial charge in [0.2, 0.25) is 0 Å². The van der Waals surface area contributed by atoms with Crippen molar-refractivity contribution in [1.82, 2.24) is 0 Å². The molecule has 0 bridgehead atoms. The van der Waals surface area contributed by atoms with Crippen molar-refractivity contribution in [3.05, 3.63) is 62.5 Å². The summed E-state index contributed by atoms with van der Waals surface area (Å²) in [6.07, 6.45) is 0. The quantitative estimate of drug-likeness (QED) is 0.796. The Labute approximate surface area is 130 Å². The summed E-state index contributed by atoms with van der Waals surface area (Å²) in [5, 5.41) is 13.5. The van der Waals surface area contributed by atoms with Crippen LogP contribution in [0, 0.1) is 11.3 Å². The second-order valence-corrected chi connectivity index (χ2v) is 5.64. The lowest BCUT2D eigenvalue weighted by molar-refractivity contribution is 0.997. The van der Waals surface area contributed by atoms with E-state index in [1.807, 2.05) is 24.3 Å². The summed E-state index contributed by atoms with van der Waals surface area (Å²) < 4.78 is 0.876. The summed E-state index contributed by atoms with van der Waals surface area (Å²) in [5.41, 5.74) is 1.50. The van der Waals surface area contributed by atoms with Crippen molar-refractivity contribution < 1.29 is 0 Å². The Hall–Kier alpha value is -1.21. The van der Waals surface area contributed by atoms with E-state index in [1.165, 1.54) is 0 Å². The number of halogens is 3. The third-order valence-electron chi connectivity index (χ3n) is 2.54. The lowest BCUT2D eigenvalue weighted by atomic mass is 10.1. The molecule has 2 aromatic carbocycles. The number of nitriles is 1. The summed E-state index contributed by atoms with van der Waals surface area (Å²) >= 11 is 15.4. The topological polar surface area (TPSA) is 35.8 Å².